The van der Waals surface area contributed by atoms with Crippen LogP contribution in [0.5, 0.6) is 0 Å². The lowest BCUT2D eigenvalue weighted by atomic mass is 10.1. The summed E-state index contributed by atoms with van der Waals surface area (Å²) in [5.41, 5.74) is -0.152. The highest BCUT2D eigenvalue weighted by Gasteiger charge is 2.22. The summed E-state index contributed by atoms with van der Waals surface area (Å²) in [6, 6.07) is 2.40. The summed E-state index contributed by atoms with van der Waals surface area (Å²) in [6.07, 6.45) is -0.145. The highest BCUT2D eigenvalue weighted by molar-refractivity contribution is 6.34. The zero-order chi connectivity index (χ0) is 13.7. The van der Waals surface area contributed by atoms with Gasteiger partial charge in [-0.1, -0.05) is 17.7 Å². The van der Waals surface area contributed by atoms with E-state index in [0.717, 1.165) is 6.07 Å². The van der Waals surface area contributed by atoms with Crippen molar-refractivity contribution in [1.29, 1.82) is 0 Å². The van der Waals surface area contributed by atoms with Crippen LogP contribution in [0.25, 0.3) is 0 Å². The average molecular weight is 276 g/mol. The molecule has 98 valence electrons. The zero-order valence-corrected chi connectivity index (χ0v) is 9.95. The third kappa shape index (κ3) is 3.41. The molecular weight excluding hydrogens is 265 g/mol. The van der Waals surface area contributed by atoms with E-state index in [9.17, 15) is 14.0 Å². The average Bonchev–Trinajstić information content (AvgIpc) is 2.31. The van der Waals surface area contributed by atoms with Crippen LogP contribution < -0.4 is 5.32 Å². The Morgan fingerprint density at radius 2 is 2.11 bits per heavy atom. The topological polar surface area (TPSA) is 86.6 Å². The molecule has 0 bridgehead atoms. The van der Waals surface area contributed by atoms with Gasteiger partial charge in [-0.15, -0.1) is 0 Å². The van der Waals surface area contributed by atoms with Crippen LogP contribution in [0.3, 0.4) is 0 Å². The van der Waals surface area contributed by atoms with Gasteiger partial charge in [0.25, 0.3) is 5.91 Å². The number of aliphatic hydroxyl groups is 1. The summed E-state index contributed by atoms with van der Waals surface area (Å²) in [4.78, 5) is 22.5. The van der Waals surface area contributed by atoms with Crippen molar-refractivity contribution in [1.82, 2.24) is 5.32 Å². The Kier molecular flexibility index (Phi) is 5.06. The molecule has 1 aromatic rings. The van der Waals surface area contributed by atoms with Gasteiger partial charge in [0.05, 0.1) is 10.6 Å². The number of hydrogen-bond donors (Lipinski definition) is 3. The number of rotatable bonds is 5. The van der Waals surface area contributed by atoms with Crippen molar-refractivity contribution >= 4 is 23.5 Å². The minimum Gasteiger partial charge on any atom is -0.480 e. The van der Waals surface area contributed by atoms with Gasteiger partial charge in [0.2, 0.25) is 0 Å². The summed E-state index contributed by atoms with van der Waals surface area (Å²) in [7, 11) is 0. The molecule has 0 spiro atoms. The van der Waals surface area contributed by atoms with E-state index in [-0.39, 0.29) is 17.0 Å². The molecule has 1 aromatic carbocycles. The van der Waals surface area contributed by atoms with E-state index in [2.05, 4.69) is 5.32 Å². The molecule has 0 saturated heterocycles. The van der Waals surface area contributed by atoms with Gasteiger partial charge in [0.1, 0.15) is 11.9 Å². The molecule has 0 saturated carbocycles. The normalized spacial score (nSPS) is 11.9. The maximum Gasteiger partial charge on any atom is 0.326 e. The standard InChI is InChI=1S/C11H11ClFNO4/c12-9-6(2-1-3-7(9)13)10(16)14-8(4-5-15)11(17)18/h1-3,8,15H,4-5H2,(H,14,16)(H,17,18)/t8-/m1/s1. The number of carboxylic acid groups (broad SMARTS) is 1. The first kappa shape index (κ1) is 14.4. The van der Waals surface area contributed by atoms with Crippen molar-refractivity contribution in [2.75, 3.05) is 6.61 Å². The maximum absolute atomic E-state index is 13.1. The molecule has 1 atom stereocenters. The van der Waals surface area contributed by atoms with Crippen LogP contribution in [0.1, 0.15) is 16.8 Å². The minimum atomic E-state index is -1.29. The molecule has 0 aliphatic rings. The van der Waals surface area contributed by atoms with E-state index in [0.29, 0.717) is 0 Å². The second-order valence-corrected chi connectivity index (χ2v) is 3.86. The second kappa shape index (κ2) is 6.32. The van der Waals surface area contributed by atoms with E-state index in [1.165, 1.54) is 12.1 Å². The molecular formula is C11H11ClFNO4. The van der Waals surface area contributed by atoms with Crippen LogP contribution in [0, 0.1) is 5.82 Å². The van der Waals surface area contributed by atoms with E-state index in [4.69, 9.17) is 21.8 Å². The van der Waals surface area contributed by atoms with Gasteiger partial charge >= 0.3 is 5.97 Å². The van der Waals surface area contributed by atoms with E-state index in [1.807, 2.05) is 0 Å². The summed E-state index contributed by atoms with van der Waals surface area (Å²) < 4.78 is 13.1. The Morgan fingerprint density at radius 1 is 1.44 bits per heavy atom. The molecule has 0 unspecified atom stereocenters. The number of halogens is 2. The largest absolute Gasteiger partial charge is 0.480 e. The van der Waals surface area contributed by atoms with Gasteiger partial charge in [-0.3, -0.25) is 4.79 Å². The fraction of sp³-hybridized carbons (Fsp3) is 0.273. The van der Waals surface area contributed by atoms with E-state index >= 15 is 0 Å². The smallest absolute Gasteiger partial charge is 0.326 e. The van der Waals surface area contributed by atoms with Crippen molar-refractivity contribution in [2.45, 2.75) is 12.5 Å². The Balaban J connectivity index is 2.87. The van der Waals surface area contributed by atoms with Crippen LogP contribution in [0.15, 0.2) is 18.2 Å². The highest BCUT2D eigenvalue weighted by Crippen LogP contribution is 2.19. The predicted molar refractivity (Wildman–Crippen MR) is 62.0 cm³/mol. The van der Waals surface area contributed by atoms with Gasteiger partial charge in [0, 0.05) is 13.0 Å². The van der Waals surface area contributed by atoms with Crippen LogP contribution in [-0.2, 0) is 4.79 Å². The first-order chi connectivity index (χ1) is 8.47. The molecule has 0 aliphatic heterocycles. The van der Waals surface area contributed by atoms with Crippen molar-refractivity contribution in [2.24, 2.45) is 0 Å². The highest BCUT2D eigenvalue weighted by atomic mass is 35.5. The van der Waals surface area contributed by atoms with E-state index in [1.54, 1.807) is 0 Å². The fourth-order valence-corrected chi connectivity index (χ4v) is 1.51. The number of amides is 1. The Hall–Kier alpha value is -1.66. The zero-order valence-electron chi connectivity index (χ0n) is 9.19. The SMILES string of the molecule is O=C(N[C@H](CCO)C(=O)O)c1cccc(F)c1Cl. The minimum absolute atomic E-state index is 0.145. The van der Waals surface area contributed by atoms with Crippen LogP contribution in [-0.4, -0.2) is 34.7 Å². The number of carbonyl (C=O) groups is 2. The number of aliphatic carboxylic acids is 1. The predicted octanol–water partition coefficient (Wildman–Crippen LogP) is 1.04. The fourth-order valence-electron chi connectivity index (χ4n) is 1.30. The summed E-state index contributed by atoms with van der Waals surface area (Å²) in [6.45, 7) is -0.395. The number of nitrogens with one attached hydrogen (secondary N) is 1. The van der Waals surface area contributed by atoms with Crippen LogP contribution in [0.4, 0.5) is 4.39 Å². The molecule has 0 aromatic heterocycles. The molecule has 0 radical (unpaired) electrons. The van der Waals surface area contributed by atoms with Gasteiger partial charge in [-0.2, -0.15) is 0 Å². The molecule has 0 fully saturated rings. The summed E-state index contributed by atoms with van der Waals surface area (Å²) in [5.74, 6) is -2.86. The summed E-state index contributed by atoms with van der Waals surface area (Å²) >= 11 is 5.60. The van der Waals surface area contributed by atoms with Crippen molar-refractivity contribution in [3.05, 3.63) is 34.6 Å². The molecule has 0 heterocycles. The quantitative estimate of drug-likeness (QED) is 0.749. The Morgan fingerprint density at radius 3 is 2.67 bits per heavy atom. The number of benzene rings is 1. The Bertz CT molecular complexity index is 466. The van der Waals surface area contributed by atoms with E-state index < -0.39 is 30.3 Å². The third-order valence-corrected chi connectivity index (χ3v) is 2.60. The molecule has 5 nitrogen and oxygen atoms in total. The van der Waals surface area contributed by atoms with Crippen molar-refractivity contribution < 1.29 is 24.2 Å². The third-order valence-electron chi connectivity index (χ3n) is 2.22. The van der Waals surface area contributed by atoms with Gasteiger partial charge < -0.3 is 15.5 Å². The molecule has 0 aliphatic carbocycles. The molecule has 18 heavy (non-hydrogen) atoms. The van der Waals surface area contributed by atoms with Crippen LogP contribution in [0.2, 0.25) is 5.02 Å². The molecule has 7 heteroatoms. The lowest BCUT2D eigenvalue weighted by molar-refractivity contribution is -0.139. The molecule has 3 N–H and O–H groups in total. The lowest BCUT2D eigenvalue weighted by Crippen LogP contribution is -2.41. The summed E-state index contributed by atoms with van der Waals surface area (Å²) in [5, 5.41) is 19.2. The maximum atomic E-state index is 13.1. The first-order valence-corrected chi connectivity index (χ1v) is 5.43. The Labute approximate surface area is 107 Å². The number of hydrogen-bond acceptors (Lipinski definition) is 3. The second-order valence-electron chi connectivity index (χ2n) is 3.48. The lowest BCUT2D eigenvalue weighted by Gasteiger charge is -2.13. The number of carboxylic acids is 1. The van der Waals surface area contributed by atoms with Gasteiger partial charge in [-0.05, 0) is 12.1 Å². The monoisotopic (exact) mass is 275 g/mol. The molecule has 1 amide bonds. The first-order valence-electron chi connectivity index (χ1n) is 5.06. The number of carbonyl (C=O) groups excluding carboxylic acids is 1. The van der Waals surface area contributed by atoms with Gasteiger partial charge in [-0.25, -0.2) is 9.18 Å². The van der Waals surface area contributed by atoms with Crippen LogP contribution >= 0.6 is 11.6 Å². The molecule has 1 rings (SSSR count). The van der Waals surface area contributed by atoms with Crippen molar-refractivity contribution in [3.63, 3.8) is 0 Å². The number of aliphatic hydroxyl groups excluding tert-OH is 1. The van der Waals surface area contributed by atoms with Gasteiger partial charge in [0.15, 0.2) is 0 Å². The van der Waals surface area contributed by atoms with Crippen molar-refractivity contribution in [3.8, 4) is 0 Å².